The Morgan fingerprint density at radius 3 is 2.12 bits per heavy atom. The molecule has 0 saturated carbocycles. The van der Waals surface area contributed by atoms with Crippen LogP contribution in [0.5, 0.6) is 0 Å². The summed E-state index contributed by atoms with van der Waals surface area (Å²) in [5.74, 6) is 0.167. The molecule has 0 heterocycles. The number of hydrogen-bond donors (Lipinski definition) is 2. The largest absolute Gasteiger partial charge is 0.375 e. The Labute approximate surface area is 107 Å². The molecule has 0 unspecified atom stereocenters. The molecular formula is C12H17N3OS. The molecule has 4 nitrogen and oxygen atoms in total. The summed E-state index contributed by atoms with van der Waals surface area (Å²) in [6, 6.07) is 9.81. The lowest BCUT2D eigenvalue weighted by atomic mass is 10.1. The molecule has 0 bridgehead atoms. The topological polar surface area (TPSA) is 67.5 Å². The highest BCUT2D eigenvalue weighted by molar-refractivity contribution is 7.80. The Hall–Kier alpha value is -1.75. The van der Waals surface area contributed by atoms with E-state index in [9.17, 15) is 4.79 Å². The van der Waals surface area contributed by atoms with E-state index < -0.39 is 0 Å². The van der Waals surface area contributed by atoms with Crippen LogP contribution < -0.4 is 11.2 Å². The van der Waals surface area contributed by atoms with Crippen LogP contribution >= 0.6 is 12.2 Å². The standard InChI is InChI=1S/C9H11N3S.C3H6O/c1-7(11-12-9(10)13)8-5-3-2-4-6-8;1-3(2)4/h2-6H,1H3,(H3,10,12,13);1-2H3. The van der Waals surface area contributed by atoms with E-state index >= 15 is 0 Å². The van der Waals surface area contributed by atoms with Crippen molar-refractivity contribution in [3.05, 3.63) is 35.9 Å². The number of hydrazone groups is 1. The number of nitrogens with one attached hydrogen (secondary N) is 1. The summed E-state index contributed by atoms with van der Waals surface area (Å²) in [5.41, 5.74) is 9.68. The Balaban J connectivity index is 0.000000557. The number of nitrogens with two attached hydrogens (primary N) is 1. The van der Waals surface area contributed by atoms with Crippen molar-refractivity contribution in [1.29, 1.82) is 0 Å². The molecule has 0 aliphatic carbocycles. The first-order valence-electron chi connectivity index (χ1n) is 5.05. The van der Waals surface area contributed by atoms with Gasteiger partial charge in [-0.25, -0.2) is 0 Å². The van der Waals surface area contributed by atoms with Crippen molar-refractivity contribution in [3.63, 3.8) is 0 Å². The average molecular weight is 251 g/mol. The molecule has 3 N–H and O–H groups in total. The molecule has 0 saturated heterocycles. The first kappa shape index (κ1) is 15.2. The summed E-state index contributed by atoms with van der Waals surface area (Å²) >= 11 is 4.62. The first-order valence-corrected chi connectivity index (χ1v) is 5.46. The van der Waals surface area contributed by atoms with E-state index in [1.165, 1.54) is 13.8 Å². The molecule has 92 valence electrons. The number of benzene rings is 1. The number of carbonyl (C=O) groups excluding carboxylic acids is 1. The zero-order valence-electron chi connectivity index (χ0n) is 10.2. The van der Waals surface area contributed by atoms with Crippen LogP contribution in [0.15, 0.2) is 35.4 Å². The van der Waals surface area contributed by atoms with Gasteiger partial charge in [-0.2, -0.15) is 5.10 Å². The molecule has 0 radical (unpaired) electrons. The summed E-state index contributed by atoms with van der Waals surface area (Å²) in [6.45, 7) is 4.95. The summed E-state index contributed by atoms with van der Waals surface area (Å²) < 4.78 is 0. The molecule has 0 amide bonds. The summed E-state index contributed by atoms with van der Waals surface area (Å²) in [7, 11) is 0. The van der Waals surface area contributed by atoms with Gasteiger partial charge in [-0.15, -0.1) is 0 Å². The third kappa shape index (κ3) is 9.19. The van der Waals surface area contributed by atoms with Crippen molar-refractivity contribution < 1.29 is 4.79 Å². The quantitative estimate of drug-likeness (QED) is 0.478. The highest BCUT2D eigenvalue weighted by Gasteiger charge is 1.94. The fourth-order valence-corrected chi connectivity index (χ4v) is 0.928. The summed E-state index contributed by atoms with van der Waals surface area (Å²) in [6.07, 6.45) is 0. The number of nitrogens with zero attached hydrogens (tertiary/aromatic N) is 1. The van der Waals surface area contributed by atoms with Gasteiger partial charge in [-0.3, -0.25) is 5.43 Å². The van der Waals surface area contributed by atoms with Gasteiger partial charge in [-0.1, -0.05) is 30.3 Å². The van der Waals surface area contributed by atoms with Crippen molar-refractivity contribution >= 4 is 28.8 Å². The molecule has 0 spiro atoms. The van der Waals surface area contributed by atoms with E-state index in [2.05, 4.69) is 22.7 Å². The maximum Gasteiger partial charge on any atom is 0.184 e. The number of rotatable bonds is 2. The fourth-order valence-electron chi connectivity index (χ4n) is 0.883. The number of thiocarbonyl (C=S) groups is 1. The predicted molar refractivity (Wildman–Crippen MR) is 74.9 cm³/mol. The minimum absolute atomic E-state index is 0.167. The average Bonchev–Trinajstić information content (AvgIpc) is 2.26. The zero-order chi connectivity index (χ0) is 13.3. The van der Waals surface area contributed by atoms with E-state index in [1.54, 1.807) is 0 Å². The van der Waals surface area contributed by atoms with Gasteiger partial charge in [0.05, 0.1) is 5.71 Å². The second-order valence-electron chi connectivity index (χ2n) is 3.45. The maximum atomic E-state index is 9.44. The molecule has 1 aromatic rings. The minimum Gasteiger partial charge on any atom is -0.375 e. The van der Waals surface area contributed by atoms with Gasteiger partial charge in [0.2, 0.25) is 0 Å². The molecule has 0 atom stereocenters. The van der Waals surface area contributed by atoms with Crippen molar-refractivity contribution in [3.8, 4) is 0 Å². The molecule has 17 heavy (non-hydrogen) atoms. The van der Waals surface area contributed by atoms with Crippen LogP contribution in [0.3, 0.4) is 0 Å². The van der Waals surface area contributed by atoms with E-state index in [4.69, 9.17) is 5.73 Å². The maximum absolute atomic E-state index is 9.44. The summed E-state index contributed by atoms with van der Waals surface area (Å²) in [5, 5.41) is 4.17. The second kappa shape index (κ2) is 8.41. The number of ketones is 1. The lowest BCUT2D eigenvalue weighted by Gasteiger charge is -2.00. The van der Waals surface area contributed by atoms with Crippen LogP contribution in [-0.2, 0) is 4.79 Å². The van der Waals surface area contributed by atoms with Gasteiger partial charge in [0.25, 0.3) is 0 Å². The monoisotopic (exact) mass is 251 g/mol. The van der Waals surface area contributed by atoms with Crippen LogP contribution in [-0.4, -0.2) is 16.6 Å². The normalized spacial score (nSPS) is 9.94. The van der Waals surface area contributed by atoms with Gasteiger partial charge in [0.1, 0.15) is 5.78 Å². The Morgan fingerprint density at radius 2 is 1.71 bits per heavy atom. The second-order valence-corrected chi connectivity index (χ2v) is 3.89. The molecule has 0 aliphatic rings. The number of carbonyl (C=O) groups is 1. The van der Waals surface area contributed by atoms with Crippen LogP contribution in [0.1, 0.15) is 26.3 Å². The lowest BCUT2D eigenvalue weighted by Crippen LogP contribution is -2.25. The number of Topliss-reactive ketones (excluding diaryl/α,β-unsaturated/α-hetero) is 1. The van der Waals surface area contributed by atoms with Gasteiger partial charge in [-0.05, 0) is 38.6 Å². The highest BCUT2D eigenvalue weighted by atomic mass is 32.1. The Morgan fingerprint density at radius 1 is 1.24 bits per heavy atom. The molecule has 1 rings (SSSR count). The van der Waals surface area contributed by atoms with Crippen LogP contribution in [0.4, 0.5) is 0 Å². The van der Waals surface area contributed by atoms with Crippen LogP contribution in [0.25, 0.3) is 0 Å². The minimum atomic E-state index is 0.167. The third-order valence-electron chi connectivity index (χ3n) is 1.53. The summed E-state index contributed by atoms with van der Waals surface area (Å²) in [4.78, 5) is 9.44. The smallest absolute Gasteiger partial charge is 0.184 e. The van der Waals surface area contributed by atoms with Gasteiger partial charge < -0.3 is 10.5 Å². The van der Waals surface area contributed by atoms with Gasteiger partial charge in [0, 0.05) is 0 Å². The third-order valence-corrected chi connectivity index (χ3v) is 1.62. The highest BCUT2D eigenvalue weighted by Crippen LogP contribution is 1.99. The van der Waals surface area contributed by atoms with Crippen molar-refractivity contribution in [2.75, 3.05) is 0 Å². The van der Waals surface area contributed by atoms with Gasteiger partial charge in [0.15, 0.2) is 5.11 Å². The molecule has 1 aromatic carbocycles. The van der Waals surface area contributed by atoms with Crippen LogP contribution in [0.2, 0.25) is 0 Å². The Bertz CT molecular complexity index is 397. The Kier molecular flexibility index (Phi) is 7.54. The fraction of sp³-hybridized carbons (Fsp3) is 0.250. The predicted octanol–water partition coefficient (Wildman–Crippen LogP) is 1.84. The van der Waals surface area contributed by atoms with Crippen molar-refractivity contribution in [2.24, 2.45) is 10.8 Å². The first-order chi connectivity index (χ1) is 7.93. The van der Waals surface area contributed by atoms with E-state index in [-0.39, 0.29) is 10.9 Å². The lowest BCUT2D eigenvalue weighted by molar-refractivity contribution is -0.114. The van der Waals surface area contributed by atoms with E-state index in [0.717, 1.165) is 11.3 Å². The van der Waals surface area contributed by atoms with Crippen LogP contribution in [0, 0.1) is 0 Å². The molecule has 0 fully saturated rings. The molecule has 0 aromatic heterocycles. The molecule has 5 heteroatoms. The van der Waals surface area contributed by atoms with Crippen molar-refractivity contribution in [2.45, 2.75) is 20.8 Å². The van der Waals surface area contributed by atoms with Gasteiger partial charge >= 0.3 is 0 Å². The van der Waals surface area contributed by atoms with E-state index in [0.29, 0.717) is 0 Å². The van der Waals surface area contributed by atoms with E-state index in [1.807, 2.05) is 37.3 Å². The molecular weight excluding hydrogens is 234 g/mol. The molecule has 0 aliphatic heterocycles. The van der Waals surface area contributed by atoms with Crippen molar-refractivity contribution in [1.82, 2.24) is 5.43 Å². The number of hydrogen-bond acceptors (Lipinski definition) is 3. The SMILES string of the molecule is CC(=NNC(N)=S)c1ccccc1.CC(C)=O. The zero-order valence-corrected chi connectivity index (χ0v) is 11.0.